The highest BCUT2D eigenvalue weighted by atomic mass is 35.5. The highest BCUT2D eigenvalue weighted by Crippen LogP contribution is 2.61. The minimum Gasteiger partial charge on any atom is -0.324 e. The van der Waals surface area contributed by atoms with E-state index >= 15 is 0 Å². The van der Waals surface area contributed by atoms with Crippen molar-refractivity contribution in [1.82, 2.24) is 4.90 Å². The molecule has 11 heteroatoms. The van der Waals surface area contributed by atoms with Gasteiger partial charge in [0.2, 0.25) is 17.7 Å². The number of imide groups is 1. The summed E-state index contributed by atoms with van der Waals surface area (Å²) in [6.45, 7) is 2.39. The third-order valence-corrected chi connectivity index (χ3v) is 8.46. The first-order valence-corrected chi connectivity index (χ1v) is 11.6. The Morgan fingerprint density at radius 1 is 1.12 bits per heavy atom. The molecular formula is C23H18Cl2N4O5. The van der Waals surface area contributed by atoms with Gasteiger partial charge in [0.1, 0.15) is 5.54 Å². The summed E-state index contributed by atoms with van der Waals surface area (Å²) in [7, 11) is 0. The molecule has 34 heavy (non-hydrogen) atoms. The van der Waals surface area contributed by atoms with Gasteiger partial charge in [-0.15, -0.1) is 0 Å². The van der Waals surface area contributed by atoms with Crippen LogP contribution in [0.1, 0.15) is 24.0 Å². The Labute approximate surface area is 203 Å². The first kappa shape index (κ1) is 21.5. The topological polar surface area (TPSA) is 113 Å². The monoisotopic (exact) mass is 500 g/mol. The Balaban J connectivity index is 1.54. The molecule has 0 saturated carbocycles. The Hall–Kier alpha value is -3.01. The fraction of sp³-hybridized carbons (Fsp3) is 0.348. The summed E-state index contributed by atoms with van der Waals surface area (Å²) in [5, 5.41) is 14.5. The van der Waals surface area contributed by atoms with Crippen LogP contribution in [0.15, 0.2) is 30.3 Å². The third kappa shape index (κ3) is 2.41. The highest BCUT2D eigenvalue weighted by Gasteiger charge is 2.74. The van der Waals surface area contributed by atoms with Crippen molar-refractivity contribution in [2.75, 3.05) is 16.8 Å². The molecule has 3 saturated heterocycles. The molecule has 4 atom stereocenters. The van der Waals surface area contributed by atoms with Crippen LogP contribution in [0.2, 0.25) is 10.0 Å². The number of halogens is 2. The number of carbonyl (C=O) groups is 3. The van der Waals surface area contributed by atoms with E-state index in [-0.39, 0.29) is 28.3 Å². The molecule has 4 heterocycles. The summed E-state index contributed by atoms with van der Waals surface area (Å²) >= 11 is 12.6. The fourth-order valence-electron chi connectivity index (χ4n) is 6.42. The number of hydrogen-bond donors (Lipinski definition) is 1. The number of rotatable bonds is 2. The van der Waals surface area contributed by atoms with Gasteiger partial charge in [-0.25, -0.2) is 4.90 Å². The van der Waals surface area contributed by atoms with Gasteiger partial charge in [0, 0.05) is 28.8 Å². The molecule has 0 unspecified atom stereocenters. The molecule has 0 bridgehead atoms. The van der Waals surface area contributed by atoms with E-state index in [1.807, 2.05) is 4.90 Å². The minimum absolute atomic E-state index is 0.0768. The van der Waals surface area contributed by atoms with Gasteiger partial charge < -0.3 is 5.32 Å². The first-order valence-electron chi connectivity index (χ1n) is 10.9. The van der Waals surface area contributed by atoms with Gasteiger partial charge >= 0.3 is 0 Å². The van der Waals surface area contributed by atoms with E-state index in [0.717, 1.165) is 17.4 Å². The molecule has 3 fully saturated rings. The number of nitro benzene ring substituents is 1. The number of nitrogens with one attached hydrogen (secondary N) is 1. The van der Waals surface area contributed by atoms with Gasteiger partial charge in [0.25, 0.3) is 5.69 Å². The molecular weight excluding hydrogens is 483 g/mol. The number of nitro groups is 1. The summed E-state index contributed by atoms with van der Waals surface area (Å²) in [6, 6.07) is 6.82. The van der Waals surface area contributed by atoms with Crippen molar-refractivity contribution in [2.24, 2.45) is 11.8 Å². The van der Waals surface area contributed by atoms with E-state index < -0.39 is 34.1 Å². The smallest absolute Gasteiger partial charge is 0.271 e. The highest BCUT2D eigenvalue weighted by molar-refractivity contribution is 6.37. The third-order valence-electron chi connectivity index (χ3n) is 7.75. The van der Waals surface area contributed by atoms with Crippen LogP contribution >= 0.6 is 23.2 Å². The molecule has 6 rings (SSSR count). The molecule has 0 aromatic heterocycles. The number of amides is 3. The number of fused-ring (bicyclic) bond motifs is 7. The number of anilines is 2. The van der Waals surface area contributed by atoms with Gasteiger partial charge in [-0.05, 0) is 44.0 Å². The summed E-state index contributed by atoms with van der Waals surface area (Å²) in [5.74, 6) is -2.99. The van der Waals surface area contributed by atoms with Crippen LogP contribution in [0.4, 0.5) is 17.1 Å². The summed E-state index contributed by atoms with van der Waals surface area (Å²) in [6.07, 6.45) is 1.48. The van der Waals surface area contributed by atoms with E-state index in [4.69, 9.17) is 23.2 Å². The van der Waals surface area contributed by atoms with Gasteiger partial charge in [-0.3, -0.25) is 29.4 Å². The molecule has 0 radical (unpaired) electrons. The van der Waals surface area contributed by atoms with Crippen molar-refractivity contribution in [3.8, 4) is 0 Å². The van der Waals surface area contributed by atoms with Gasteiger partial charge in [-0.1, -0.05) is 29.3 Å². The van der Waals surface area contributed by atoms with Gasteiger partial charge in [-0.2, -0.15) is 0 Å². The first-order chi connectivity index (χ1) is 16.2. The lowest BCUT2D eigenvalue weighted by Crippen LogP contribution is -2.54. The second kappa shape index (κ2) is 7.00. The molecule has 3 amide bonds. The Bertz CT molecular complexity index is 1350. The standard InChI is InChI=1S/C23H18Cl2N4O5/c1-10-13(24)6-5-12-19(10)26-22(32)23(12)18-17(16-3-2-8-27(16)23)20(30)28(21(18)31)15-7-4-11(29(33)34)9-14(15)25/h4-7,9,16-18H,2-3,8H2,1H3,(H,26,32)/t16-,17+,18-,23-/m0/s1. The maximum atomic E-state index is 13.9. The normalized spacial score (nSPS) is 29.6. The predicted octanol–water partition coefficient (Wildman–Crippen LogP) is 3.64. The molecule has 174 valence electrons. The average molecular weight is 501 g/mol. The molecule has 0 aliphatic carbocycles. The quantitative estimate of drug-likeness (QED) is 0.382. The maximum absolute atomic E-state index is 13.9. The van der Waals surface area contributed by atoms with Gasteiger partial charge in [0.05, 0.1) is 33.2 Å². The Kier molecular flexibility index (Phi) is 4.43. The van der Waals surface area contributed by atoms with E-state index in [2.05, 4.69) is 5.32 Å². The van der Waals surface area contributed by atoms with Crippen molar-refractivity contribution in [2.45, 2.75) is 31.3 Å². The van der Waals surface area contributed by atoms with Crippen molar-refractivity contribution < 1.29 is 19.3 Å². The predicted molar refractivity (Wildman–Crippen MR) is 124 cm³/mol. The number of hydrogen-bond acceptors (Lipinski definition) is 6. The zero-order valence-electron chi connectivity index (χ0n) is 17.9. The Morgan fingerprint density at radius 2 is 1.88 bits per heavy atom. The average Bonchev–Trinajstić information content (AvgIpc) is 3.50. The van der Waals surface area contributed by atoms with Crippen LogP contribution in [0.3, 0.4) is 0 Å². The van der Waals surface area contributed by atoms with Crippen LogP contribution < -0.4 is 10.2 Å². The van der Waals surface area contributed by atoms with Crippen LogP contribution in [0.25, 0.3) is 0 Å². The van der Waals surface area contributed by atoms with Crippen LogP contribution in [0.5, 0.6) is 0 Å². The van der Waals surface area contributed by atoms with Crippen molar-refractivity contribution in [3.05, 3.63) is 61.6 Å². The van der Waals surface area contributed by atoms with Gasteiger partial charge in [0.15, 0.2) is 0 Å². The molecule has 2 aromatic carbocycles. The summed E-state index contributed by atoms with van der Waals surface area (Å²) in [4.78, 5) is 54.9. The van der Waals surface area contributed by atoms with Crippen LogP contribution in [0, 0.1) is 28.9 Å². The molecule has 1 spiro atoms. The maximum Gasteiger partial charge on any atom is 0.271 e. The zero-order valence-corrected chi connectivity index (χ0v) is 19.4. The van der Waals surface area contributed by atoms with E-state index in [1.165, 1.54) is 12.1 Å². The number of non-ortho nitro benzene ring substituents is 1. The van der Waals surface area contributed by atoms with E-state index in [1.54, 1.807) is 19.1 Å². The van der Waals surface area contributed by atoms with E-state index in [9.17, 15) is 24.5 Å². The molecule has 2 aromatic rings. The summed E-state index contributed by atoms with van der Waals surface area (Å²) < 4.78 is 0. The number of benzene rings is 2. The lowest BCUT2D eigenvalue weighted by atomic mass is 9.75. The van der Waals surface area contributed by atoms with Crippen molar-refractivity contribution >= 4 is 58.0 Å². The number of nitrogens with zero attached hydrogens (tertiary/aromatic N) is 3. The van der Waals surface area contributed by atoms with Crippen molar-refractivity contribution in [3.63, 3.8) is 0 Å². The zero-order chi connectivity index (χ0) is 24.1. The second-order valence-corrected chi connectivity index (χ2v) is 9.94. The number of carbonyl (C=O) groups excluding carboxylic acids is 3. The molecule has 4 aliphatic rings. The SMILES string of the molecule is Cc1c(Cl)ccc2c1NC(=O)[C@@]21[C@@H]2C(=O)N(c3ccc([N+](=O)[O-])cc3Cl)C(=O)[C@@H]2[C@@H]2CCCN21. The molecule has 4 aliphatic heterocycles. The fourth-order valence-corrected chi connectivity index (χ4v) is 6.84. The largest absolute Gasteiger partial charge is 0.324 e. The molecule has 1 N–H and O–H groups in total. The van der Waals surface area contributed by atoms with E-state index in [0.29, 0.717) is 34.8 Å². The minimum atomic E-state index is -1.33. The lowest BCUT2D eigenvalue weighted by Gasteiger charge is -2.36. The molecule has 9 nitrogen and oxygen atoms in total. The second-order valence-electron chi connectivity index (χ2n) is 9.13. The van der Waals surface area contributed by atoms with Crippen molar-refractivity contribution in [1.29, 1.82) is 0 Å². The lowest BCUT2D eigenvalue weighted by molar-refractivity contribution is -0.384. The summed E-state index contributed by atoms with van der Waals surface area (Å²) in [5.41, 5.74) is 0.443. The van der Waals surface area contributed by atoms with Crippen LogP contribution in [-0.4, -0.2) is 40.1 Å². The van der Waals surface area contributed by atoms with Crippen LogP contribution in [-0.2, 0) is 19.9 Å². The Morgan fingerprint density at radius 3 is 2.59 bits per heavy atom.